The number of rotatable bonds is 7. The number of ether oxygens (including phenoxy) is 1. The average molecular weight is 229 g/mol. The highest BCUT2D eigenvalue weighted by molar-refractivity contribution is 7.11. The van der Waals surface area contributed by atoms with Gasteiger partial charge in [-0.15, -0.1) is 0 Å². The highest BCUT2D eigenvalue weighted by Gasteiger charge is 2.11. The molecule has 1 rings (SSSR count). The van der Waals surface area contributed by atoms with E-state index >= 15 is 0 Å². The predicted molar refractivity (Wildman–Crippen MR) is 65.7 cm³/mol. The summed E-state index contributed by atoms with van der Waals surface area (Å²) < 4.78 is 9.49. The minimum absolute atomic E-state index is 0.486. The van der Waals surface area contributed by atoms with Gasteiger partial charge in [0, 0.05) is 6.54 Å². The van der Waals surface area contributed by atoms with E-state index < -0.39 is 0 Å². The molecule has 4 nitrogen and oxygen atoms in total. The Morgan fingerprint density at radius 3 is 2.87 bits per heavy atom. The van der Waals surface area contributed by atoms with Gasteiger partial charge in [-0.1, -0.05) is 19.8 Å². The molecule has 0 unspecified atom stereocenters. The van der Waals surface area contributed by atoms with Gasteiger partial charge < -0.3 is 15.8 Å². The third-order valence-electron chi connectivity index (χ3n) is 2.03. The normalized spacial score (nSPS) is 10.3. The van der Waals surface area contributed by atoms with E-state index in [0.717, 1.165) is 11.5 Å². The smallest absolute Gasteiger partial charge is 0.197 e. The Balaban J connectivity index is 2.45. The molecule has 0 amide bonds. The van der Waals surface area contributed by atoms with Crippen LogP contribution in [0.5, 0.6) is 5.75 Å². The first-order valence-electron chi connectivity index (χ1n) is 5.41. The number of nitrogens with zero attached hydrogens (tertiary/aromatic N) is 1. The second kappa shape index (κ2) is 6.50. The molecule has 0 aliphatic carbocycles. The van der Waals surface area contributed by atoms with E-state index in [4.69, 9.17) is 10.5 Å². The molecular formula is C10H19N3OS. The van der Waals surface area contributed by atoms with Gasteiger partial charge in [0.05, 0.1) is 6.61 Å². The molecule has 0 saturated carbocycles. The first-order valence-corrected chi connectivity index (χ1v) is 6.18. The number of hydrogen-bond acceptors (Lipinski definition) is 5. The largest absolute Gasteiger partial charge is 0.487 e. The molecule has 0 radical (unpaired) electrons. The van der Waals surface area contributed by atoms with Gasteiger partial charge in [-0.3, -0.25) is 0 Å². The van der Waals surface area contributed by atoms with Gasteiger partial charge in [-0.25, -0.2) is 0 Å². The number of hydrogen-bond donors (Lipinski definition) is 2. The van der Waals surface area contributed by atoms with Gasteiger partial charge in [0.1, 0.15) is 0 Å². The molecule has 5 heteroatoms. The van der Waals surface area contributed by atoms with Crippen molar-refractivity contribution in [3.05, 3.63) is 0 Å². The van der Waals surface area contributed by atoms with E-state index in [-0.39, 0.29) is 0 Å². The summed E-state index contributed by atoms with van der Waals surface area (Å²) in [6.07, 6.45) is 3.63. The lowest BCUT2D eigenvalue weighted by molar-refractivity contribution is 0.344. The molecule has 0 atom stereocenters. The maximum Gasteiger partial charge on any atom is 0.197 e. The number of unbranched alkanes of at least 4 members (excludes halogenated alkanes) is 2. The van der Waals surface area contributed by atoms with Crippen LogP contribution in [0.15, 0.2) is 0 Å². The van der Waals surface area contributed by atoms with Gasteiger partial charge in [-0.2, -0.15) is 4.37 Å². The second-order valence-corrected chi connectivity index (χ2v) is 4.07. The zero-order chi connectivity index (χ0) is 11.1. The minimum Gasteiger partial charge on any atom is -0.487 e. The average Bonchev–Trinajstić information content (AvgIpc) is 2.57. The lowest BCUT2D eigenvalue weighted by Crippen LogP contribution is -2.02. The summed E-state index contributed by atoms with van der Waals surface area (Å²) in [6.45, 7) is 5.70. The highest BCUT2D eigenvalue weighted by Crippen LogP contribution is 2.34. The van der Waals surface area contributed by atoms with Crippen molar-refractivity contribution in [3.63, 3.8) is 0 Å². The quantitative estimate of drug-likeness (QED) is 0.706. The number of nitrogens with two attached hydrogens (primary N) is 1. The fourth-order valence-corrected chi connectivity index (χ4v) is 1.95. The van der Waals surface area contributed by atoms with E-state index in [1.54, 1.807) is 0 Å². The molecule has 0 saturated heterocycles. The maximum absolute atomic E-state index is 5.69. The van der Waals surface area contributed by atoms with Crippen LogP contribution in [0, 0.1) is 0 Å². The molecule has 0 aliphatic rings. The summed E-state index contributed by atoms with van der Waals surface area (Å²) in [7, 11) is 0. The van der Waals surface area contributed by atoms with Crippen LogP contribution in [0.3, 0.4) is 0 Å². The van der Waals surface area contributed by atoms with Gasteiger partial charge >= 0.3 is 0 Å². The molecule has 15 heavy (non-hydrogen) atoms. The van der Waals surface area contributed by atoms with Crippen molar-refractivity contribution >= 4 is 22.4 Å². The van der Waals surface area contributed by atoms with E-state index in [1.807, 2.05) is 6.92 Å². The summed E-state index contributed by atoms with van der Waals surface area (Å²) in [5.74, 6) is 1.19. The van der Waals surface area contributed by atoms with Crippen LogP contribution in [0.4, 0.5) is 10.8 Å². The first-order chi connectivity index (χ1) is 7.29. The van der Waals surface area contributed by atoms with Crippen molar-refractivity contribution in [3.8, 4) is 5.75 Å². The van der Waals surface area contributed by atoms with Crippen molar-refractivity contribution in [2.24, 2.45) is 0 Å². The molecular weight excluding hydrogens is 210 g/mol. The van der Waals surface area contributed by atoms with Gasteiger partial charge in [0.15, 0.2) is 16.6 Å². The van der Waals surface area contributed by atoms with E-state index in [0.29, 0.717) is 18.2 Å². The minimum atomic E-state index is 0.486. The predicted octanol–water partition coefficient (Wildman–Crippen LogP) is 2.73. The summed E-state index contributed by atoms with van der Waals surface area (Å²) in [4.78, 5) is 0. The van der Waals surface area contributed by atoms with Crippen molar-refractivity contribution in [2.75, 3.05) is 24.2 Å². The summed E-state index contributed by atoms with van der Waals surface area (Å²) in [5.41, 5.74) is 5.69. The molecule has 1 heterocycles. The number of nitrogens with one attached hydrogen (secondary N) is 1. The van der Waals surface area contributed by atoms with Gasteiger partial charge in [0.25, 0.3) is 0 Å². The van der Waals surface area contributed by atoms with Crippen LogP contribution < -0.4 is 15.8 Å². The van der Waals surface area contributed by atoms with Crippen LogP contribution in [0.25, 0.3) is 0 Å². The third-order valence-corrected chi connectivity index (χ3v) is 2.83. The molecule has 0 spiro atoms. The molecule has 3 N–H and O–H groups in total. The van der Waals surface area contributed by atoms with Crippen molar-refractivity contribution < 1.29 is 4.74 Å². The Labute approximate surface area is 95.0 Å². The molecule has 0 fully saturated rings. The number of anilines is 2. The lowest BCUT2D eigenvalue weighted by Gasteiger charge is -2.06. The van der Waals surface area contributed by atoms with Crippen LogP contribution in [0.2, 0.25) is 0 Å². The Morgan fingerprint density at radius 1 is 1.40 bits per heavy atom. The standard InChI is InChI=1S/C10H19N3OS/c1-3-5-6-7-12-10-8(14-4-2)9(11)13-15-10/h12H,3-7H2,1-2H3,(H2,11,13). The molecule has 0 aliphatic heterocycles. The third kappa shape index (κ3) is 3.58. The Kier molecular flexibility index (Phi) is 5.25. The van der Waals surface area contributed by atoms with Crippen LogP contribution in [0.1, 0.15) is 33.1 Å². The molecule has 0 aromatic carbocycles. The Morgan fingerprint density at radius 2 is 2.20 bits per heavy atom. The highest BCUT2D eigenvalue weighted by atomic mass is 32.1. The van der Waals surface area contributed by atoms with Crippen molar-refractivity contribution in [1.82, 2.24) is 4.37 Å². The monoisotopic (exact) mass is 229 g/mol. The van der Waals surface area contributed by atoms with Crippen LogP contribution in [-0.2, 0) is 0 Å². The van der Waals surface area contributed by atoms with E-state index in [2.05, 4.69) is 16.6 Å². The first kappa shape index (κ1) is 12.1. The van der Waals surface area contributed by atoms with Gasteiger partial charge in [-0.05, 0) is 24.9 Å². The van der Waals surface area contributed by atoms with Crippen LogP contribution in [-0.4, -0.2) is 17.5 Å². The topological polar surface area (TPSA) is 60.2 Å². The Hall–Kier alpha value is -0.970. The fourth-order valence-electron chi connectivity index (χ4n) is 1.27. The summed E-state index contributed by atoms with van der Waals surface area (Å²) in [6, 6.07) is 0. The SMILES string of the molecule is CCCCCNc1snc(N)c1OCC. The maximum atomic E-state index is 5.69. The zero-order valence-electron chi connectivity index (χ0n) is 9.38. The molecule has 1 aromatic rings. The van der Waals surface area contributed by atoms with Gasteiger partial charge in [0.2, 0.25) is 0 Å². The fraction of sp³-hybridized carbons (Fsp3) is 0.700. The number of aromatic nitrogens is 1. The number of nitrogen functional groups attached to an aromatic ring is 1. The second-order valence-electron chi connectivity index (χ2n) is 3.29. The lowest BCUT2D eigenvalue weighted by atomic mass is 10.2. The summed E-state index contributed by atoms with van der Waals surface area (Å²) in [5, 5.41) is 4.25. The molecule has 1 aromatic heterocycles. The van der Waals surface area contributed by atoms with Crippen molar-refractivity contribution in [2.45, 2.75) is 33.1 Å². The Bertz CT molecular complexity index is 288. The van der Waals surface area contributed by atoms with E-state index in [1.165, 1.54) is 30.8 Å². The zero-order valence-corrected chi connectivity index (χ0v) is 10.2. The van der Waals surface area contributed by atoms with Crippen LogP contribution >= 0.6 is 11.5 Å². The van der Waals surface area contributed by atoms with E-state index in [9.17, 15) is 0 Å². The molecule has 0 bridgehead atoms. The summed E-state index contributed by atoms with van der Waals surface area (Å²) >= 11 is 1.36. The van der Waals surface area contributed by atoms with Crippen molar-refractivity contribution in [1.29, 1.82) is 0 Å². The molecule has 86 valence electrons.